The monoisotopic (exact) mass is 254 g/mol. The predicted octanol–water partition coefficient (Wildman–Crippen LogP) is 3.19. The van der Waals surface area contributed by atoms with Crippen LogP contribution in [0.25, 0.3) is 0 Å². The number of aliphatic hydroxyl groups excluding tert-OH is 1. The van der Waals surface area contributed by atoms with Crippen molar-refractivity contribution >= 4 is 0 Å². The number of hydrogen-bond donors (Lipinski definition) is 1. The van der Waals surface area contributed by atoms with E-state index < -0.39 is 6.10 Å². The highest BCUT2D eigenvalue weighted by Crippen LogP contribution is 2.22. The van der Waals surface area contributed by atoms with E-state index in [1.807, 2.05) is 13.0 Å². The summed E-state index contributed by atoms with van der Waals surface area (Å²) in [7, 11) is 0. The van der Waals surface area contributed by atoms with Crippen LogP contribution in [0.5, 0.6) is 11.5 Å². The van der Waals surface area contributed by atoms with E-state index in [-0.39, 0.29) is 0 Å². The lowest BCUT2D eigenvalue weighted by Gasteiger charge is -2.09. The van der Waals surface area contributed by atoms with E-state index >= 15 is 0 Å². The Hall–Kier alpha value is -2.38. The molecule has 1 aromatic heterocycles. The first-order valence-electron chi connectivity index (χ1n) is 6.05. The fraction of sp³-hybridized carbons (Fsp3) is 0.200. The van der Waals surface area contributed by atoms with Gasteiger partial charge in [0.25, 0.3) is 0 Å². The third kappa shape index (κ3) is 3.30. The van der Waals surface area contributed by atoms with Crippen molar-refractivity contribution in [1.29, 1.82) is 5.26 Å². The molecule has 19 heavy (non-hydrogen) atoms. The molecule has 0 saturated heterocycles. The second kappa shape index (κ2) is 5.98. The summed E-state index contributed by atoms with van der Waals surface area (Å²) in [5.74, 6) is 1.24. The van der Waals surface area contributed by atoms with Gasteiger partial charge in [0.15, 0.2) is 0 Å². The average Bonchev–Trinajstić information content (AvgIpc) is 2.48. The molecule has 0 unspecified atom stereocenters. The molecule has 0 bridgehead atoms. The molecule has 1 N–H and O–H groups in total. The summed E-state index contributed by atoms with van der Waals surface area (Å²) in [5, 5.41) is 18.3. The Morgan fingerprint density at radius 2 is 1.89 bits per heavy atom. The Morgan fingerprint density at radius 1 is 1.21 bits per heavy atom. The van der Waals surface area contributed by atoms with Crippen molar-refractivity contribution in [2.45, 2.75) is 19.4 Å². The summed E-state index contributed by atoms with van der Waals surface area (Å²) in [5.41, 5.74) is 1.22. The lowest BCUT2D eigenvalue weighted by molar-refractivity contribution is 0.169. The summed E-state index contributed by atoms with van der Waals surface area (Å²) in [6, 6.07) is 12.4. The van der Waals surface area contributed by atoms with Gasteiger partial charge in [0.1, 0.15) is 11.5 Å². The second-order valence-corrected chi connectivity index (χ2v) is 4.08. The molecule has 4 nitrogen and oxygen atoms in total. The number of benzene rings is 1. The lowest BCUT2D eigenvalue weighted by atomic mass is 10.2. The largest absolute Gasteiger partial charge is 0.456 e. The molecule has 1 aromatic carbocycles. The first-order chi connectivity index (χ1) is 9.22. The number of aromatic nitrogens is 1. The smallest absolute Gasteiger partial charge is 0.145 e. The molecule has 1 atom stereocenters. The molecule has 0 saturated carbocycles. The molecule has 2 rings (SSSR count). The van der Waals surface area contributed by atoms with Crippen molar-refractivity contribution in [2.24, 2.45) is 0 Å². The van der Waals surface area contributed by atoms with Crippen LogP contribution in [0.4, 0.5) is 0 Å². The highest BCUT2D eigenvalue weighted by molar-refractivity contribution is 5.36. The van der Waals surface area contributed by atoms with Gasteiger partial charge in [-0.3, -0.25) is 4.98 Å². The van der Waals surface area contributed by atoms with E-state index in [4.69, 9.17) is 10.00 Å². The van der Waals surface area contributed by atoms with Crippen LogP contribution in [-0.4, -0.2) is 10.1 Å². The third-order valence-corrected chi connectivity index (χ3v) is 2.71. The number of aliphatic hydroxyl groups is 1. The molecule has 96 valence electrons. The minimum absolute atomic E-state index is 0.538. The van der Waals surface area contributed by atoms with Crippen molar-refractivity contribution in [1.82, 2.24) is 4.98 Å². The summed E-state index contributed by atoms with van der Waals surface area (Å²) < 4.78 is 5.59. The minimum atomic E-state index is -0.538. The van der Waals surface area contributed by atoms with Crippen LogP contribution in [0.2, 0.25) is 0 Å². The summed E-state index contributed by atoms with van der Waals surface area (Å²) in [6.45, 7) is 1.90. The van der Waals surface area contributed by atoms with E-state index in [2.05, 4.69) is 4.98 Å². The van der Waals surface area contributed by atoms with Gasteiger partial charge in [-0.15, -0.1) is 0 Å². The van der Waals surface area contributed by atoms with Crippen molar-refractivity contribution in [3.05, 3.63) is 53.9 Å². The topological polar surface area (TPSA) is 66.1 Å². The zero-order valence-corrected chi connectivity index (χ0v) is 10.6. The maximum absolute atomic E-state index is 9.63. The number of nitrogens with zero attached hydrogens (tertiary/aromatic N) is 2. The van der Waals surface area contributed by atoms with Crippen LogP contribution in [-0.2, 0) is 0 Å². The van der Waals surface area contributed by atoms with Crippen molar-refractivity contribution in [2.75, 3.05) is 0 Å². The Labute approximate surface area is 111 Å². The second-order valence-electron chi connectivity index (χ2n) is 4.08. The van der Waals surface area contributed by atoms with Gasteiger partial charge in [-0.2, -0.15) is 5.26 Å². The molecular weight excluding hydrogens is 240 g/mol. The molecule has 2 aromatic rings. The molecule has 0 fully saturated rings. The molecule has 0 radical (unpaired) electrons. The van der Waals surface area contributed by atoms with Gasteiger partial charge in [0.05, 0.1) is 29.6 Å². The number of ether oxygens (including phenoxy) is 1. The highest BCUT2D eigenvalue weighted by atomic mass is 16.5. The van der Waals surface area contributed by atoms with Gasteiger partial charge in [0, 0.05) is 0 Å². The quantitative estimate of drug-likeness (QED) is 0.909. The summed E-state index contributed by atoms with van der Waals surface area (Å²) >= 11 is 0. The van der Waals surface area contributed by atoms with E-state index in [0.717, 1.165) is 0 Å². The molecule has 0 aliphatic rings. The Balaban J connectivity index is 2.08. The predicted molar refractivity (Wildman–Crippen MR) is 70.7 cm³/mol. The van der Waals surface area contributed by atoms with Gasteiger partial charge in [-0.1, -0.05) is 6.92 Å². The van der Waals surface area contributed by atoms with E-state index in [9.17, 15) is 5.11 Å². The maximum Gasteiger partial charge on any atom is 0.145 e. The van der Waals surface area contributed by atoms with Crippen LogP contribution in [0.15, 0.2) is 42.6 Å². The number of rotatable bonds is 4. The number of pyridine rings is 1. The normalized spacial score (nSPS) is 11.6. The zero-order chi connectivity index (χ0) is 13.7. The zero-order valence-electron chi connectivity index (χ0n) is 10.6. The highest BCUT2D eigenvalue weighted by Gasteiger charge is 2.06. The molecule has 1 heterocycles. The van der Waals surface area contributed by atoms with Crippen molar-refractivity contribution in [3.63, 3.8) is 0 Å². The molecule has 4 heteroatoms. The van der Waals surface area contributed by atoms with E-state index in [0.29, 0.717) is 29.2 Å². The minimum Gasteiger partial charge on any atom is -0.456 e. The van der Waals surface area contributed by atoms with Gasteiger partial charge in [0.2, 0.25) is 0 Å². The summed E-state index contributed by atoms with van der Waals surface area (Å²) in [6.07, 6.45) is 1.67. The number of hydrogen-bond acceptors (Lipinski definition) is 4. The molecule has 0 aliphatic heterocycles. The maximum atomic E-state index is 9.63. The van der Waals surface area contributed by atoms with Gasteiger partial charge < -0.3 is 9.84 Å². The van der Waals surface area contributed by atoms with Crippen LogP contribution < -0.4 is 4.74 Å². The van der Waals surface area contributed by atoms with Gasteiger partial charge in [-0.25, -0.2) is 0 Å². The first-order valence-corrected chi connectivity index (χ1v) is 6.05. The average molecular weight is 254 g/mol. The van der Waals surface area contributed by atoms with Crippen molar-refractivity contribution in [3.8, 4) is 17.6 Å². The molecule has 0 spiro atoms. The summed E-state index contributed by atoms with van der Waals surface area (Å²) in [4.78, 5) is 4.15. The molecular formula is C15H14N2O2. The van der Waals surface area contributed by atoms with Crippen LogP contribution in [0.3, 0.4) is 0 Å². The SMILES string of the molecule is CC[C@@H](O)c1ccc(Oc2ccc(C#N)cc2)cn1. The van der Waals surface area contributed by atoms with Crippen LogP contribution in [0, 0.1) is 11.3 Å². The fourth-order valence-corrected chi connectivity index (χ4v) is 1.59. The van der Waals surface area contributed by atoms with Gasteiger partial charge >= 0.3 is 0 Å². The Bertz CT molecular complexity index is 571. The third-order valence-electron chi connectivity index (χ3n) is 2.71. The van der Waals surface area contributed by atoms with E-state index in [1.54, 1.807) is 42.6 Å². The first kappa shape index (κ1) is 13.1. The van der Waals surface area contributed by atoms with Crippen LogP contribution in [0.1, 0.15) is 30.7 Å². The molecule has 0 aliphatic carbocycles. The van der Waals surface area contributed by atoms with Gasteiger partial charge in [-0.05, 0) is 42.8 Å². The molecule has 0 amide bonds. The van der Waals surface area contributed by atoms with Crippen molar-refractivity contribution < 1.29 is 9.84 Å². The lowest BCUT2D eigenvalue weighted by Crippen LogP contribution is -1.98. The standard InChI is InChI=1S/C15H14N2O2/c1-2-15(18)14-8-7-13(10-17-14)19-12-5-3-11(9-16)4-6-12/h3-8,10,15,18H,2H2,1H3/t15-/m1/s1. The number of nitriles is 1. The van der Waals surface area contributed by atoms with Crippen LogP contribution >= 0.6 is 0 Å². The Morgan fingerprint density at radius 3 is 2.42 bits per heavy atom. The van der Waals surface area contributed by atoms with E-state index in [1.165, 1.54) is 0 Å². The fourth-order valence-electron chi connectivity index (χ4n) is 1.59. The Kier molecular flexibility index (Phi) is 4.11.